The molecule has 7 nitrogen and oxygen atoms in total. The summed E-state index contributed by atoms with van der Waals surface area (Å²) < 4.78 is 5.11. The molecule has 0 radical (unpaired) electrons. The van der Waals surface area contributed by atoms with Crippen molar-refractivity contribution in [3.05, 3.63) is 0 Å². The van der Waals surface area contributed by atoms with Gasteiger partial charge in [0.15, 0.2) is 0 Å². The van der Waals surface area contributed by atoms with Gasteiger partial charge in [-0.05, 0) is 27.2 Å². The van der Waals surface area contributed by atoms with Crippen molar-refractivity contribution in [3.63, 3.8) is 0 Å². The molecule has 3 amide bonds. The Morgan fingerprint density at radius 1 is 0.917 bits per heavy atom. The Balaban J connectivity index is 2.47. The number of carbonyl (C=O) groups is 3. The van der Waals surface area contributed by atoms with Crippen LogP contribution < -0.4 is 5.32 Å². The van der Waals surface area contributed by atoms with Gasteiger partial charge in [-0.15, -0.1) is 0 Å². The van der Waals surface area contributed by atoms with Gasteiger partial charge in [0.2, 0.25) is 11.8 Å². The van der Waals surface area contributed by atoms with E-state index in [0.717, 1.165) is 6.42 Å². The van der Waals surface area contributed by atoms with Gasteiger partial charge in [-0.1, -0.05) is 20.8 Å². The molecule has 0 bridgehead atoms. The predicted molar refractivity (Wildman–Crippen MR) is 91.5 cm³/mol. The first-order valence-corrected chi connectivity index (χ1v) is 8.44. The lowest BCUT2D eigenvalue weighted by atomic mass is 9.94. The SMILES string of the molecule is CC(C)(C)OC(=O)NCC(=O)N1CCCN(C(=O)C(C)(C)C)CC1. The Morgan fingerprint density at radius 3 is 2.00 bits per heavy atom. The van der Waals surface area contributed by atoms with Crippen LogP contribution >= 0.6 is 0 Å². The molecule has 1 N–H and O–H groups in total. The quantitative estimate of drug-likeness (QED) is 0.828. The van der Waals surface area contributed by atoms with E-state index in [9.17, 15) is 14.4 Å². The first kappa shape index (κ1) is 20.3. The van der Waals surface area contributed by atoms with Crippen molar-refractivity contribution < 1.29 is 19.1 Å². The van der Waals surface area contributed by atoms with Crippen LogP contribution in [0.15, 0.2) is 0 Å². The molecule has 1 fully saturated rings. The van der Waals surface area contributed by atoms with E-state index in [1.54, 1.807) is 25.7 Å². The van der Waals surface area contributed by atoms with Crippen LogP contribution in [0.4, 0.5) is 4.79 Å². The van der Waals surface area contributed by atoms with Crippen molar-refractivity contribution in [1.29, 1.82) is 0 Å². The monoisotopic (exact) mass is 341 g/mol. The lowest BCUT2D eigenvalue weighted by Gasteiger charge is -2.28. The van der Waals surface area contributed by atoms with Crippen LogP contribution in [0.1, 0.15) is 48.0 Å². The number of ether oxygens (including phenoxy) is 1. The summed E-state index contributed by atoms with van der Waals surface area (Å²) in [6.45, 7) is 13.1. The van der Waals surface area contributed by atoms with Crippen LogP contribution in [-0.4, -0.2) is 66.0 Å². The number of nitrogens with zero attached hydrogens (tertiary/aromatic N) is 2. The predicted octanol–water partition coefficient (Wildman–Crippen LogP) is 1.62. The average molecular weight is 341 g/mol. The van der Waals surface area contributed by atoms with E-state index in [-0.39, 0.29) is 18.4 Å². The molecule has 1 rings (SSSR count). The number of rotatable bonds is 2. The smallest absolute Gasteiger partial charge is 0.408 e. The van der Waals surface area contributed by atoms with E-state index in [1.165, 1.54) is 0 Å². The molecule has 0 spiro atoms. The highest BCUT2D eigenvalue weighted by Gasteiger charge is 2.29. The molecule has 138 valence electrons. The normalized spacial score (nSPS) is 16.4. The molecule has 1 aliphatic heterocycles. The fraction of sp³-hybridized carbons (Fsp3) is 0.824. The fourth-order valence-electron chi connectivity index (χ4n) is 2.42. The summed E-state index contributed by atoms with van der Waals surface area (Å²) >= 11 is 0. The third kappa shape index (κ3) is 6.76. The summed E-state index contributed by atoms with van der Waals surface area (Å²) in [7, 11) is 0. The first-order valence-electron chi connectivity index (χ1n) is 8.44. The standard InChI is InChI=1S/C17H31N3O4/c1-16(2,3)14(22)20-9-7-8-19(10-11-20)13(21)12-18-15(23)24-17(4,5)6/h7-12H2,1-6H3,(H,18,23). The molecule has 0 aromatic rings. The second-order valence-electron chi connectivity index (χ2n) is 8.13. The van der Waals surface area contributed by atoms with Crippen LogP contribution in [-0.2, 0) is 14.3 Å². The maximum Gasteiger partial charge on any atom is 0.408 e. The van der Waals surface area contributed by atoms with E-state index in [1.807, 2.05) is 25.7 Å². The maximum atomic E-state index is 12.3. The zero-order chi connectivity index (χ0) is 18.5. The highest BCUT2D eigenvalue weighted by Crippen LogP contribution is 2.18. The summed E-state index contributed by atoms with van der Waals surface area (Å²) in [6.07, 6.45) is 0.134. The molecular formula is C17H31N3O4. The van der Waals surface area contributed by atoms with E-state index >= 15 is 0 Å². The van der Waals surface area contributed by atoms with E-state index in [0.29, 0.717) is 26.2 Å². The molecule has 7 heteroatoms. The summed E-state index contributed by atoms with van der Waals surface area (Å²) in [5.74, 6) is -0.0606. The van der Waals surface area contributed by atoms with Gasteiger partial charge in [0.1, 0.15) is 12.1 Å². The van der Waals surface area contributed by atoms with Crippen molar-refractivity contribution in [3.8, 4) is 0 Å². The lowest BCUT2D eigenvalue weighted by Crippen LogP contribution is -2.44. The van der Waals surface area contributed by atoms with Crippen molar-refractivity contribution in [2.75, 3.05) is 32.7 Å². The number of amides is 3. The van der Waals surface area contributed by atoms with E-state index in [4.69, 9.17) is 4.74 Å². The van der Waals surface area contributed by atoms with Gasteiger partial charge in [-0.2, -0.15) is 0 Å². The van der Waals surface area contributed by atoms with E-state index in [2.05, 4.69) is 5.32 Å². The third-order valence-corrected chi connectivity index (χ3v) is 3.56. The summed E-state index contributed by atoms with van der Waals surface area (Å²) in [4.78, 5) is 39.7. The van der Waals surface area contributed by atoms with Crippen LogP contribution in [0.3, 0.4) is 0 Å². The second-order valence-corrected chi connectivity index (χ2v) is 8.13. The van der Waals surface area contributed by atoms with Gasteiger partial charge in [-0.3, -0.25) is 9.59 Å². The van der Waals surface area contributed by atoms with Crippen LogP contribution in [0.25, 0.3) is 0 Å². The van der Waals surface area contributed by atoms with Gasteiger partial charge in [0, 0.05) is 31.6 Å². The van der Waals surface area contributed by atoms with Gasteiger partial charge >= 0.3 is 6.09 Å². The Morgan fingerprint density at radius 2 is 1.46 bits per heavy atom. The van der Waals surface area contributed by atoms with Gasteiger partial charge in [0.25, 0.3) is 0 Å². The summed E-state index contributed by atoms with van der Waals surface area (Å²) in [5, 5.41) is 2.48. The molecule has 0 aliphatic carbocycles. The number of hydrogen-bond donors (Lipinski definition) is 1. The Bertz CT molecular complexity index is 477. The number of nitrogens with one attached hydrogen (secondary N) is 1. The molecule has 1 saturated heterocycles. The first-order chi connectivity index (χ1) is 10.9. The zero-order valence-electron chi connectivity index (χ0n) is 15.8. The zero-order valence-corrected chi connectivity index (χ0v) is 15.8. The minimum absolute atomic E-state index is 0.0951. The number of hydrogen-bond acceptors (Lipinski definition) is 4. The average Bonchev–Trinajstić information content (AvgIpc) is 2.66. The van der Waals surface area contributed by atoms with Crippen LogP contribution in [0, 0.1) is 5.41 Å². The molecule has 1 aliphatic rings. The lowest BCUT2D eigenvalue weighted by molar-refractivity contribution is -0.139. The van der Waals surface area contributed by atoms with Crippen molar-refractivity contribution in [2.45, 2.75) is 53.6 Å². The molecule has 1 heterocycles. The van der Waals surface area contributed by atoms with Crippen LogP contribution in [0.5, 0.6) is 0 Å². The van der Waals surface area contributed by atoms with Crippen molar-refractivity contribution in [1.82, 2.24) is 15.1 Å². The minimum atomic E-state index is -0.602. The molecule has 0 atom stereocenters. The maximum absolute atomic E-state index is 12.3. The summed E-state index contributed by atoms with van der Waals surface area (Å²) in [5.41, 5.74) is -1.01. The molecule has 0 saturated carbocycles. The minimum Gasteiger partial charge on any atom is -0.444 e. The molecular weight excluding hydrogens is 310 g/mol. The number of alkyl carbamates (subject to hydrolysis) is 1. The highest BCUT2D eigenvalue weighted by molar-refractivity contribution is 5.83. The third-order valence-electron chi connectivity index (χ3n) is 3.56. The van der Waals surface area contributed by atoms with Gasteiger partial charge in [-0.25, -0.2) is 4.79 Å². The van der Waals surface area contributed by atoms with Gasteiger partial charge in [0.05, 0.1) is 0 Å². The molecule has 24 heavy (non-hydrogen) atoms. The Hall–Kier alpha value is -1.79. The highest BCUT2D eigenvalue weighted by atomic mass is 16.6. The topological polar surface area (TPSA) is 79.0 Å². The fourth-order valence-corrected chi connectivity index (χ4v) is 2.42. The second kappa shape index (κ2) is 7.85. The van der Waals surface area contributed by atoms with Crippen molar-refractivity contribution in [2.24, 2.45) is 5.41 Å². The van der Waals surface area contributed by atoms with E-state index < -0.39 is 17.1 Å². The Labute approximate surface area is 144 Å². The van der Waals surface area contributed by atoms with Gasteiger partial charge < -0.3 is 19.9 Å². The molecule has 0 unspecified atom stereocenters. The largest absolute Gasteiger partial charge is 0.444 e. The molecule has 0 aromatic heterocycles. The van der Waals surface area contributed by atoms with Crippen LogP contribution in [0.2, 0.25) is 0 Å². The summed E-state index contributed by atoms with van der Waals surface area (Å²) in [6, 6.07) is 0. The Kier molecular flexibility index (Phi) is 6.63. The van der Waals surface area contributed by atoms with Crippen molar-refractivity contribution >= 4 is 17.9 Å². The molecule has 0 aromatic carbocycles. The number of carbonyl (C=O) groups excluding carboxylic acids is 3.